The third kappa shape index (κ3) is 3.64. The van der Waals surface area contributed by atoms with Crippen molar-refractivity contribution in [3.05, 3.63) is 69.7 Å². The third-order valence-corrected chi connectivity index (χ3v) is 4.26. The van der Waals surface area contributed by atoms with Crippen LogP contribution in [0, 0.1) is 10.1 Å². The van der Waals surface area contributed by atoms with E-state index in [-0.39, 0.29) is 17.0 Å². The normalized spacial score (nSPS) is 10.3. The number of non-ortho nitro benzene ring substituents is 1. The molecule has 25 heavy (non-hydrogen) atoms. The summed E-state index contributed by atoms with van der Waals surface area (Å²) in [5.41, 5.74) is 1.35. The molecule has 7 nitrogen and oxygen atoms in total. The van der Waals surface area contributed by atoms with E-state index in [1.54, 1.807) is 24.4 Å². The number of benzene rings is 2. The van der Waals surface area contributed by atoms with Crippen LogP contribution in [-0.4, -0.2) is 22.9 Å². The molecule has 0 radical (unpaired) electrons. The van der Waals surface area contributed by atoms with Crippen LogP contribution in [0.15, 0.2) is 54.0 Å². The fourth-order valence-corrected chi connectivity index (χ4v) is 2.92. The molecule has 0 aliphatic heterocycles. The Labute approximate surface area is 147 Å². The van der Waals surface area contributed by atoms with Crippen molar-refractivity contribution >= 4 is 28.6 Å². The largest absolute Gasteiger partial charge is 0.496 e. The molecule has 3 aromatic rings. The molecular weight excluding hydrogens is 342 g/mol. The van der Waals surface area contributed by atoms with Gasteiger partial charge in [-0.2, -0.15) is 0 Å². The topological polar surface area (TPSA) is 94.4 Å². The van der Waals surface area contributed by atoms with Crippen LogP contribution >= 0.6 is 11.3 Å². The Bertz CT molecular complexity index is 925. The summed E-state index contributed by atoms with van der Waals surface area (Å²) in [4.78, 5) is 27.2. The summed E-state index contributed by atoms with van der Waals surface area (Å²) < 4.78 is 5.13. The molecule has 0 aliphatic carbocycles. The minimum Gasteiger partial charge on any atom is -0.496 e. The van der Waals surface area contributed by atoms with Gasteiger partial charge in [-0.1, -0.05) is 12.1 Å². The van der Waals surface area contributed by atoms with Crippen LogP contribution in [-0.2, 0) is 0 Å². The van der Waals surface area contributed by atoms with Crippen LogP contribution < -0.4 is 10.1 Å². The summed E-state index contributed by atoms with van der Waals surface area (Å²) in [5, 5.41) is 16.4. The zero-order valence-corrected chi connectivity index (χ0v) is 13.9. The number of aromatic nitrogens is 1. The summed E-state index contributed by atoms with van der Waals surface area (Å²) in [6.45, 7) is 0. The number of nitro benzene ring substituents is 1. The van der Waals surface area contributed by atoms with Crippen molar-refractivity contribution in [2.75, 3.05) is 12.4 Å². The van der Waals surface area contributed by atoms with Crippen molar-refractivity contribution in [3.8, 4) is 16.3 Å². The highest BCUT2D eigenvalue weighted by atomic mass is 32.1. The fourth-order valence-electron chi connectivity index (χ4n) is 2.28. The van der Waals surface area contributed by atoms with E-state index in [1.807, 2.05) is 11.4 Å². The Kier molecular flexibility index (Phi) is 4.71. The van der Waals surface area contributed by atoms with Gasteiger partial charge < -0.3 is 10.1 Å². The van der Waals surface area contributed by atoms with Gasteiger partial charge in [-0.05, 0) is 18.2 Å². The van der Waals surface area contributed by atoms with Crippen molar-refractivity contribution in [2.45, 2.75) is 0 Å². The van der Waals surface area contributed by atoms with Crippen molar-refractivity contribution in [1.82, 2.24) is 4.98 Å². The number of thiazole rings is 1. The van der Waals surface area contributed by atoms with E-state index in [0.717, 1.165) is 10.6 Å². The van der Waals surface area contributed by atoms with Gasteiger partial charge in [0.2, 0.25) is 0 Å². The highest BCUT2D eigenvalue weighted by Crippen LogP contribution is 2.27. The number of hydrogen-bond acceptors (Lipinski definition) is 6. The van der Waals surface area contributed by atoms with Gasteiger partial charge in [0, 0.05) is 35.0 Å². The molecule has 0 unspecified atom stereocenters. The summed E-state index contributed by atoms with van der Waals surface area (Å²) >= 11 is 1.49. The standard InChI is InChI=1S/C17H13N3O4S/c1-24-15-6-5-13(20(22)23)10-14(15)16(21)19-12-4-2-3-11(9-12)17-18-7-8-25-17/h2-10H,1H3,(H,19,21). The molecule has 0 saturated carbocycles. The monoisotopic (exact) mass is 355 g/mol. The number of amides is 1. The third-order valence-electron chi connectivity index (χ3n) is 3.44. The lowest BCUT2D eigenvalue weighted by molar-refractivity contribution is -0.384. The van der Waals surface area contributed by atoms with E-state index in [9.17, 15) is 14.9 Å². The molecular formula is C17H13N3O4S. The van der Waals surface area contributed by atoms with Crippen LogP contribution in [0.2, 0.25) is 0 Å². The molecule has 1 amide bonds. The number of rotatable bonds is 5. The van der Waals surface area contributed by atoms with Crippen LogP contribution in [0.25, 0.3) is 10.6 Å². The molecule has 0 aliphatic rings. The minimum atomic E-state index is -0.556. The number of nitrogens with one attached hydrogen (secondary N) is 1. The van der Waals surface area contributed by atoms with Gasteiger partial charge in [0.25, 0.3) is 11.6 Å². The fraction of sp³-hybridized carbons (Fsp3) is 0.0588. The van der Waals surface area contributed by atoms with E-state index in [4.69, 9.17) is 4.74 Å². The number of hydrogen-bond donors (Lipinski definition) is 1. The van der Waals surface area contributed by atoms with E-state index in [0.29, 0.717) is 5.69 Å². The van der Waals surface area contributed by atoms with Gasteiger partial charge in [-0.3, -0.25) is 14.9 Å². The molecule has 0 spiro atoms. The second kappa shape index (κ2) is 7.10. The maximum atomic E-state index is 12.5. The summed E-state index contributed by atoms with van der Waals surface area (Å²) in [6, 6.07) is 11.1. The number of nitrogens with zero attached hydrogens (tertiary/aromatic N) is 2. The quantitative estimate of drug-likeness (QED) is 0.552. The average molecular weight is 355 g/mol. The average Bonchev–Trinajstić information content (AvgIpc) is 3.16. The first-order chi connectivity index (χ1) is 12.1. The summed E-state index contributed by atoms with van der Waals surface area (Å²) in [7, 11) is 1.40. The van der Waals surface area contributed by atoms with Crippen molar-refractivity contribution in [2.24, 2.45) is 0 Å². The zero-order valence-electron chi connectivity index (χ0n) is 13.1. The number of carbonyl (C=O) groups is 1. The summed E-state index contributed by atoms with van der Waals surface area (Å²) in [6.07, 6.45) is 1.71. The predicted octanol–water partition coefficient (Wildman–Crippen LogP) is 3.98. The lowest BCUT2D eigenvalue weighted by Gasteiger charge is -2.10. The first kappa shape index (κ1) is 16.6. The number of anilines is 1. The van der Waals surface area contributed by atoms with Crippen molar-refractivity contribution in [3.63, 3.8) is 0 Å². The number of methoxy groups -OCH3 is 1. The van der Waals surface area contributed by atoms with Crippen molar-refractivity contribution in [1.29, 1.82) is 0 Å². The minimum absolute atomic E-state index is 0.0938. The van der Waals surface area contributed by atoms with Crippen LogP contribution in [0.4, 0.5) is 11.4 Å². The van der Waals surface area contributed by atoms with Gasteiger partial charge in [0.1, 0.15) is 10.8 Å². The molecule has 0 atom stereocenters. The molecule has 1 aromatic heterocycles. The smallest absolute Gasteiger partial charge is 0.270 e. The molecule has 0 saturated heterocycles. The SMILES string of the molecule is COc1ccc([N+](=O)[O-])cc1C(=O)Nc1cccc(-c2nccs2)c1. The van der Waals surface area contributed by atoms with Crippen LogP contribution in [0.1, 0.15) is 10.4 Å². The number of ether oxygens (including phenoxy) is 1. The molecule has 0 bridgehead atoms. The van der Waals surface area contributed by atoms with Gasteiger partial charge in [-0.15, -0.1) is 11.3 Å². The Balaban J connectivity index is 1.89. The second-order valence-corrected chi connectivity index (χ2v) is 5.91. The Morgan fingerprint density at radius 3 is 2.80 bits per heavy atom. The molecule has 2 aromatic carbocycles. The maximum Gasteiger partial charge on any atom is 0.270 e. The van der Waals surface area contributed by atoms with Gasteiger partial charge in [0.05, 0.1) is 17.6 Å². The molecule has 3 rings (SSSR count). The highest BCUT2D eigenvalue weighted by Gasteiger charge is 2.18. The van der Waals surface area contributed by atoms with Gasteiger partial charge in [-0.25, -0.2) is 4.98 Å². The van der Waals surface area contributed by atoms with Crippen molar-refractivity contribution < 1.29 is 14.5 Å². The van der Waals surface area contributed by atoms with Gasteiger partial charge in [0.15, 0.2) is 0 Å². The Morgan fingerprint density at radius 2 is 2.12 bits per heavy atom. The van der Waals surface area contributed by atoms with Crippen LogP contribution in [0.3, 0.4) is 0 Å². The molecule has 1 heterocycles. The first-order valence-electron chi connectivity index (χ1n) is 7.22. The molecule has 126 valence electrons. The Morgan fingerprint density at radius 1 is 1.28 bits per heavy atom. The van der Waals surface area contributed by atoms with E-state index >= 15 is 0 Å². The van der Waals surface area contributed by atoms with E-state index < -0.39 is 10.8 Å². The van der Waals surface area contributed by atoms with Crippen LogP contribution in [0.5, 0.6) is 5.75 Å². The molecule has 1 N–H and O–H groups in total. The van der Waals surface area contributed by atoms with E-state index in [1.165, 1.54) is 36.6 Å². The first-order valence-corrected chi connectivity index (χ1v) is 8.10. The highest BCUT2D eigenvalue weighted by molar-refractivity contribution is 7.13. The second-order valence-electron chi connectivity index (χ2n) is 5.01. The Hall–Kier alpha value is -3.26. The van der Waals surface area contributed by atoms with Gasteiger partial charge >= 0.3 is 0 Å². The maximum absolute atomic E-state index is 12.5. The number of nitro groups is 1. The lowest BCUT2D eigenvalue weighted by atomic mass is 10.1. The summed E-state index contributed by atoms with van der Waals surface area (Å²) in [5.74, 6) is -0.226. The number of carbonyl (C=O) groups excluding carboxylic acids is 1. The molecule has 8 heteroatoms. The lowest BCUT2D eigenvalue weighted by Crippen LogP contribution is -2.13. The van der Waals surface area contributed by atoms with E-state index in [2.05, 4.69) is 10.3 Å². The predicted molar refractivity (Wildman–Crippen MR) is 95.2 cm³/mol. The zero-order chi connectivity index (χ0) is 17.8. The molecule has 0 fully saturated rings.